The van der Waals surface area contributed by atoms with Crippen LogP contribution in [0.15, 0.2) is 0 Å². The van der Waals surface area contributed by atoms with Crippen LogP contribution in [-0.4, -0.2) is 40.1 Å². The highest BCUT2D eigenvalue weighted by atomic mass is 16.6. The third kappa shape index (κ3) is 5.36. The molecule has 0 aromatic heterocycles. The van der Waals surface area contributed by atoms with E-state index in [1.54, 1.807) is 41.5 Å². The smallest absolute Gasteiger partial charge is 0.417 e. The van der Waals surface area contributed by atoms with Crippen LogP contribution in [0.5, 0.6) is 0 Å². The van der Waals surface area contributed by atoms with Gasteiger partial charge in [-0.2, -0.15) is 0 Å². The lowest BCUT2D eigenvalue weighted by Crippen LogP contribution is -2.53. The predicted octanol–water partition coefficient (Wildman–Crippen LogP) is 2.64. The zero-order chi connectivity index (χ0) is 16.4. The molecule has 1 atom stereocenters. The molecule has 6 nitrogen and oxygen atoms in total. The fourth-order valence-corrected chi connectivity index (χ4v) is 2.00. The van der Waals surface area contributed by atoms with Gasteiger partial charge in [0, 0.05) is 6.42 Å². The summed E-state index contributed by atoms with van der Waals surface area (Å²) in [6.07, 6.45) is 0.406. The van der Waals surface area contributed by atoms with Gasteiger partial charge in [-0.3, -0.25) is 4.79 Å². The Hall–Kier alpha value is -1.59. The van der Waals surface area contributed by atoms with E-state index in [1.807, 2.05) is 0 Å². The third-order valence-electron chi connectivity index (χ3n) is 2.72. The molecule has 1 rings (SSSR count). The van der Waals surface area contributed by atoms with Crippen molar-refractivity contribution in [2.45, 2.75) is 78.0 Å². The van der Waals surface area contributed by atoms with Crippen LogP contribution in [0.2, 0.25) is 0 Å². The standard InChI is InChI=1S/C15H25NO5/c1-14(2,3)20-12(18)10-8-7-9-11(17)16(10)13(19)21-15(4,5)6/h10H,7-9H2,1-6H3. The Morgan fingerprint density at radius 3 is 2.05 bits per heavy atom. The molecule has 0 bridgehead atoms. The number of amides is 2. The maximum atomic E-state index is 12.2. The number of rotatable bonds is 1. The van der Waals surface area contributed by atoms with Crippen molar-refractivity contribution in [3.63, 3.8) is 0 Å². The molecule has 2 amide bonds. The number of carbonyl (C=O) groups excluding carboxylic acids is 3. The molecule has 0 spiro atoms. The monoisotopic (exact) mass is 299 g/mol. The molecule has 0 aliphatic carbocycles. The minimum absolute atomic E-state index is 0.235. The van der Waals surface area contributed by atoms with Gasteiger partial charge < -0.3 is 9.47 Å². The van der Waals surface area contributed by atoms with Crippen LogP contribution in [0.4, 0.5) is 4.79 Å². The van der Waals surface area contributed by atoms with Crippen LogP contribution < -0.4 is 0 Å². The van der Waals surface area contributed by atoms with Crippen LogP contribution in [0.1, 0.15) is 60.8 Å². The number of hydrogen-bond donors (Lipinski definition) is 0. The van der Waals surface area contributed by atoms with Crippen molar-refractivity contribution in [3.05, 3.63) is 0 Å². The van der Waals surface area contributed by atoms with Gasteiger partial charge in [-0.1, -0.05) is 0 Å². The highest BCUT2D eigenvalue weighted by molar-refractivity contribution is 5.97. The molecular weight excluding hydrogens is 274 g/mol. The second-order valence-electron chi connectivity index (χ2n) is 7.19. The molecule has 1 aliphatic heterocycles. The Balaban J connectivity index is 2.91. The van der Waals surface area contributed by atoms with Crippen molar-refractivity contribution in [2.24, 2.45) is 0 Å². The Kier molecular flexibility index (Phi) is 5.02. The summed E-state index contributed by atoms with van der Waals surface area (Å²) in [6.45, 7) is 10.4. The number of hydrogen-bond acceptors (Lipinski definition) is 5. The van der Waals surface area contributed by atoms with E-state index in [1.165, 1.54) is 0 Å². The van der Waals surface area contributed by atoms with Crippen molar-refractivity contribution in [3.8, 4) is 0 Å². The van der Waals surface area contributed by atoms with E-state index < -0.39 is 35.2 Å². The van der Waals surface area contributed by atoms with Crippen LogP contribution in [-0.2, 0) is 19.1 Å². The molecule has 21 heavy (non-hydrogen) atoms. The van der Waals surface area contributed by atoms with Gasteiger partial charge in [0.15, 0.2) is 0 Å². The highest BCUT2D eigenvalue weighted by Gasteiger charge is 2.41. The first-order valence-electron chi connectivity index (χ1n) is 7.18. The molecule has 0 aromatic rings. The lowest BCUT2D eigenvalue weighted by atomic mass is 10.0. The predicted molar refractivity (Wildman–Crippen MR) is 76.6 cm³/mol. The molecule has 1 saturated heterocycles. The highest BCUT2D eigenvalue weighted by Crippen LogP contribution is 2.24. The quantitative estimate of drug-likeness (QED) is 0.696. The van der Waals surface area contributed by atoms with E-state index in [4.69, 9.17) is 9.47 Å². The number of likely N-dealkylation sites (tertiary alicyclic amines) is 1. The van der Waals surface area contributed by atoms with E-state index in [2.05, 4.69) is 0 Å². The van der Waals surface area contributed by atoms with Crippen molar-refractivity contribution < 1.29 is 23.9 Å². The number of imide groups is 1. The first kappa shape index (κ1) is 17.5. The van der Waals surface area contributed by atoms with Gasteiger partial charge in [-0.15, -0.1) is 0 Å². The average Bonchev–Trinajstić information content (AvgIpc) is 2.23. The lowest BCUT2D eigenvalue weighted by Gasteiger charge is -2.35. The van der Waals surface area contributed by atoms with E-state index in [0.29, 0.717) is 12.8 Å². The van der Waals surface area contributed by atoms with Crippen LogP contribution in [0.25, 0.3) is 0 Å². The summed E-state index contributed by atoms with van der Waals surface area (Å²) in [7, 11) is 0. The number of ether oxygens (including phenoxy) is 2. The van der Waals surface area contributed by atoms with E-state index >= 15 is 0 Å². The first-order valence-corrected chi connectivity index (χ1v) is 7.18. The molecule has 0 N–H and O–H groups in total. The summed E-state index contributed by atoms with van der Waals surface area (Å²) in [5, 5.41) is 0. The Labute approximate surface area is 125 Å². The second-order valence-corrected chi connectivity index (χ2v) is 7.19. The topological polar surface area (TPSA) is 72.9 Å². The van der Waals surface area contributed by atoms with Gasteiger partial charge in [-0.05, 0) is 54.4 Å². The summed E-state index contributed by atoms with van der Waals surface area (Å²) in [5.74, 6) is -0.965. The fourth-order valence-electron chi connectivity index (χ4n) is 2.00. The largest absolute Gasteiger partial charge is 0.458 e. The maximum Gasteiger partial charge on any atom is 0.417 e. The van der Waals surface area contributed by atoms with Gasteiger partial charge >= 0.3 is 12.1 Å². The molecule has 0 saturated carbocycles. The van der Waals surface area contributed by atoms with Crippen LogP contribution in [0, 0.1) is 0 Å². The molecular formula is C15H25NO5. The minimum atomic E-state index is -0.902. The average molecular weight is 299 g/mol. The van der Waals surface area contributed by atoms with E-state index in [-0.39, 0.29) is 6.42 Å². The first-order chi connectivity index (χ1) is 9.41. The van der Waals surface area contributed by atoms with Gasteiger partial charge in [0.2, 0.25) is 5.91 Å². The van der Waals surface area contributed by atoms with Crippen LogP contribution in [0.3, 0.4) is 0 Å². The van der Waals surface area contributed by atoms with Gasteiger partial charge in [0.1, 0.15) is 17.2 Å². The molecule has 1 aliphatic rings. The minimum Gasteiger partial charge on any atom is -0.458 e. The molecule has 0 radical (unpaired) electrons. The number of esters is 1. The summed E-state index contributed by atoms with van der Waals surface area (Å²) >= 11 is 0. The normalized spacial score (nSPS) is 20.2. The zero-order valence-corrected chi connectivity index (χ0v) is 13.7. The third-order valence-corrected chi connectivity index (χ3v) is 2.72. The summed E-state index contributed by atoms with van der Waals surface area (Å²) in [4.78, 5) is 37.3. The lowest BCUT2D eigenvalue weighted by molar-refractivity contribution is -0.166. The van der Waals surface area contributed by atoms with Crippen LogP contribution >= 0.6 is 0 Å². The maximum absolute atomic E-state index is 12.2. The van der Waals surface area contributed by atoms with Gasteiger partial charge in [0.25, 0.3) is 0 Å². The molecule has 1 heterocycles. The van der Waals surface area contributed by atoms with E-state index in [9.17, 15) is 14.4 Å². The Morgan fingerprint density at radius 1 is 1.05 bits per heavy atom. The molecule has 1 fully saturated rings. The van der Waals surface area contributed by atoms with Crippen molar-refractivity contribution in [1.82, 2.24) is 4.90 Å². The van der Waals surface area contributed by atoms with Crippen molar-refractivity contribution in [2.75, 3.05) is 0 Å². The van der Waals surface area contributed by atoms with Crippen molar-refractivity contribution in [1.29, 1.82) is 0 Å². The number of piperidine rings is 1. The molecule has 120 valence electrons. The fraction of sp³-hybridized carbons (Fsp3) is 0.800. The Morgan fingerprint density at radius 2 is 1.57 bits per heavy atom. The summed E-state index contributed by atoms with van der Waals surface area (Å²) in [6, 6.07) is -0.902. The summed E-state index contributed by atoms with van der Waals surface area (Å²) < 4.78 is 10.5. The Bertz CT molecular complexity index is 430. The second kappa shape index (κ2) is 6.03. The van der Waals surface area contributed by atoms with Gasteiger partial charge in [0.05, 0.1) is 0 Å². The zero-order valence-electron chi connectivity index (χ0n) is 13.7. The molecule has 6 heteroatoms. The summed E-state index contributed by atoms with van der Waals surface area (Å²) in [5.41, 5.74) is -1.40. The number of carbonyl (C=O) groups is 3. The molecule has 1 unspecified atom stereocenters. The van der Waals surface area contributed by atoms with Crippen molar-refractivity contribution >= 4 is 18.0 Å². The molecule has 0 aromatic carbocycles. The number of nitrogens with zero attached hydrogens (tertiary/aromatic N) is 1. The van der Waals surface area contributed by atoms with E-state index in [0.717, 1.165) is 4.90 Å². The van der Waals surface area contributed by atoms with Gasteiger partial charge in [-0.25, -0.2) is 14.5 Å². The SMILES string of the molecule is CC(C)(C)OC(=O)C1CCCC(=O)N1C(=O)OC(C)(C)C.